The molecule has 0 aliphatic carbocycles. The van der Waals surface area contributed by atoms with Crippen LogP contribution in [0.4, 0.5) is 5.69 Å². The second-order valence-electron chi connectivity index (χ2n) is 8.96. The molecule has 2 aromatic carbocycles. The molecule has 9 heteroatoms. The molecule has 0 saturated heterocycles. The zero-order valence-electron chi connectivity index (χ0n) is 20.5. The molecule has 0 fully saturated rings. The number of rotatable bonds is 10. The van der Waals surface area contributed by atoms with Gasteiger partial charge in [-0.05, 0) is 85.0 Å². The Bertz CT molecular complexity index is 1130. The summed E-state index contributed by atoms with van der Waals surface area (Å²) in [4.78, 5) is 19.8. The fraction of sp³-hybridized carbons (Fsp3) is 0.500. The van der Waals surface area contributed by atoms with Crippen molar-refractivity contribution in [2.45, 2.75) is 72.1 Å². The summed E-state index contributed by atoms with van der Waals surface area (Å²) in [6.45, 7) is 11.4. The van der Waals surface area contributed by atoms with Gasteiger partial charge in [-0.2, -0.15) is 0 Å². The number of anilines is 1. The van der Waals surface area contributed by atoms with Crippen LogP contribution in [0.5, 0.6) is 5.75 Å². The lowest BCUT2D eigenvalue weighted by atomic mass is 9.92. The average molecular weight is 498 g/mol. The molecule has 3 N–H and O–H groups in total. The van der Waals surface area contributed by atoms with Gasteiger partial charge in [-0.15, -0.1) is 0 Å². The highest BCUT2D eigenvalue weighted by molar-refractivity contribution is 7.92. The molecule has 0 radical (unpaired) electrons. The third-order valence-corrected chi connectivity index (χ3v) is 8.40. The van der Waals surface area contributed by atoms with Crippen LogP contribution in [0.1, 0.15) is 74.3 Å². The predicted octanol–water partition coefficient (Wildman–Crippen LogP) is 5.46. The molecule has 184 valence electrons. The maximum atomic E-state index is 12.1. The van der Waals surface area contributed by atoms with E-state index >= 15 is 0 Å². The van der Waals surface area contributed by atoms with Crippen LogP contribution in [-0.2, 0) is 21.0 Å². The van der Waals surface area contributed by atoms with E-state index in [1.54, 1.807) is 19.9 Å². The van der Waals surface area contributed by atoms with Gasteiger partial charge in [0, 0.05) is 0 Å². The quantitative estimate of drug-likeness (QED) is 0.376. The van der Waals surface area contributed by atoms with Crippen molar-refractivity contribution in [2.75, 3.05) is 11.0 Å². The summed E-state index contributed by atoms with van der Waals surface area (Å²) in [5.41, 5.74) is 5.56. The molecular weight excluding hydrogens is 461 g/mol. The molecule has 2 rings (SSSR count). The third kappa shape index (κ3) is 6.60. The predicted molar refractivity (Wildman–Crippen MR) is 134 cm³/mol. The number of hydrogen-bond donors (Lipinski definition) is 3. The van der Waals surface area contributed by atoms with E-state index in [1.165, 1.54) is 0 Å². The van der Waals surface area contributed by atoms with Crippen molar-refractivity contribution in [1.82, 2.24) is 0 Å². The first-order valence-corrected chi connectivity index (χ1v) is 14.6. The summed E-state index contributed by atoms with van der Waals surface area (Å²) >= 11 is 0. The Labute approximate surface area is 197 Å². The Kier molecular flexibility index (Phi) is 8.45. The molecular formula is C24H36NO6PS. The smallest absolute Gasteiger partial charge is 0.368 e. The average Bonchev–Trinajstić information content (AvgIpc) is 2.67. The van der Waals surface area contributed by atoms with Crippen molar-refractivity contribution in [3.8, 4) is 5.75 Å². The van der Waals surface area contributed by atoms with Crippen molar-refractivity contribution in [3.05, 3.63) is 58.1 Å². The van der Waals surface area contributed by atoms with E-state index in [-0.39, 0.29) is 18.8 Å². The molecule has 0 aromatic heterocycles. The normalized spacial score (nSPS) is 12.8. The maximum Gasteiger partial charge on any atom is 0.368 e. The van der Waals surface area contributed by atoms with Crippen LogP contribution in [0.2, 0.25) is 0 Å². The number of ether oxygens (including phenoxy) is 1. The Hall–Kier alpha value is -1.86. The Morgan fingerprint density at radius 3 is 2.03 bits per heavy atom. The highest BCUT2D eigenvalue weighted by Gasteiger charge is 2.46. The molecule has 0 bridgehead atoms. The molecule has 0 aliphatic heterocycles. The van der Waals surface area contributed by atoms with Crippen LogP contribution < -0.4 is 9.46 Å². The molecule has 0 heterocycles. The molecule has 33 heavy (non-hydrogen) atoms. The van der Waals surface area contributed by atoms with E-state index in [9.17, 15) is 22.8 Å². The van der Waals surface area contributed by atoms with Gasteiger partial charge in [-0.1, -0.05) is 39.8 Å². The number of aryl methyl sites for hydroxylation is 2. The highest BCUT2D eigenvalue weighted by atomic mass is 32.2. The zero-order valence-corrected chi connectivity index (χ0v) is 22.2. The van der Waals surface area contributed by atoms with Gasteiger partial charge in [0.05, 0.1) is 11.9 Å². The van der Waals surface area contributed by atoms with Crippen molar-refractivity contribution < 1.29 is 27.5 Å². The minimum absolute atomic E-state index is 0.135. The van der Waals surface area contributed by atoms with E-state index in [0.29, 0.717) is 17.9 Å². The van der Waals surface area contributed by atoms with Crippen LogP contribution in [0, 0.1) is 13.8 Å². The molecule has 0 spiro atoms. The van der Waals surface area contributed by atoms with Crippen LogP contribution in [0.25, 0.3) is 0 Å². The Morgan fingerprint density at radius 1 is 1.06 bits per heavy atom. The standard InChI is InChI=1S/C24H36NO6PS/c1-8-24(9-2,32(26,27)28)31-20-12-17(5)22(18(6)13-20)15-19-10-11-23(25-33(7,29)30)21(14-19)16(3)4/h10-14,16,25H,8-9,15H2,1-7H3,(H2,26,27,28). The summed E-state index contributed by atoms with van der Waals surface area (Å²) in [6.07, 6.45) is 2.17. The maximum absolute atomic E-state index is 12.1. The Balaban J connectivity index is 2.40. The molecule has 0 unspecified atom stereocenters. The number of benzene rings is 2. The van der Waals surface area contributed by atoms with Crippen LogP contribution in [-0.4, -0.2) is 29.8 Å². The van der Waals surface area contributed by atoms with E-state index < -0.39 is 23.0 Å². The zero-order chi connectivity index (χ0) is 25.2. The van der Waals surface area contributed by atoms with Crippen molar-refractivity contribution in [1.29, 1.82) is 0 Å². The third-order valence-electron chi connectivity index (χ3n) is 6.03. The van der Waals surface area contributed by atoms with Gasteiger partial charge in [0.15, 0.2) is 0 Å². The van der Waals surface area contributed by atoms with Gasteiger partial charge in [0.2, 0.25) is 15.4 Å². The van der Waals surface area contributed by atoms with E-state index in [2.05, 4.69) is 4.72 Å². The van der Waals surface area contributed by atoms with Crippen molar-refractivity contribution in [2.24, 2.45) is 0 Å². The van der Waals surface area contributed by atoms with E-state index in [1.807, 2.05) is 52.0 Å². The second kappa shape index (κ2) is 10.2. The van der Waals surface area contributed by atoms with Crippen LogP contribution >= 0.6 is 7.60 Å². The minimum atomic E-state index is -4.48. The largest absolute Gasteiger partial charge is 0.475 e. The number of hydrogen-bond acceptors (Lipinski definition) is 4. The van der Waals surface area contributed by atoms with Crippen LogP contribution in [0.15, 0.2) is 30.3 Å². The first-order chi connectivity index (χ1) is 15.1. The summed E-state index contributed by atoms with van der Waals surface area (Å²) in [5, 5.41) is -1.54. The fourth-order valence-corrected chi connectivity index (χ4v) is 5.71. The fourth-order valence-electron chi connectivity index (χ4n) is 4.07. The van der Waals surface area contributed by atoms with Crippen LogP contribution in [0.3, 0.4) is 0 Å². The summed E-state index contributed by atoms with van der Waals surface area (Å²) in [5.74, 6) is 0.576. The van der Waals surface area contributed by atoms with Gasteiger partial charge >= 0.3 is 7.60 Å². The lowest BCUT2D eigenvalue weighted by Gasteiger charge is -2.33. The van der Waals surface area contributed by atoms with Gasteiger partial charge < -0.3 is 14.5 Å². The summed E-state index contributed by atoms with van der Waals surface area (Å²) < 4.78 is 44.0. The second-order valence-corrected chi connectivity index (χ2v) is 12.6. The first kappa shape index (κ1) is 27.4. The molecule has 2 aromatic rings. The van der Waals surface area contributed by atoms with Gasteiger partial charge in [-0.3, -0.25) is 9.29 Å². The van der Waals surface area contributed by atoms with Gasteiger partial charge in [0.25, 0.3) is 0 Å². The highest BCUT2D eigenvalue weighted by Crippen LogP contribution is 2.55. The number of nitrogens with one attached hydrogen (secondary N) is 1. The monoisotopic (exact) mass is 497 g/mol. The number of sulfonamides is 1. The summed E-state index contributed by atoms with van der Waals surface area (Å²) in [7, 11) is -7.85. The van der Waals surface area contributed by atoms with Crippen molar-refractivity contribution >= 4 is 23.3 Å². The molecule has 0 saturated carbocycles. The topological polar surface area (TPSA) is 113 Å². The Morgan fingerprint density at radius 2 is 1.61 bits per heavy atom. The lowest BCUT2D eigenvalue weighted by molar-refractivity contribution is 0.108. The molecule has 0 aliphatic rings. The summed E-state index contributed by atoms with van der Waals surface area (Å²) in [6, 6.07) is 9.37. The van der Waals surface area contributed by atoms with E-state index in [4.69, 9.17) is 4.74 Å². The molecule has 0 atom stereocenters. The molecule has 0 amide bonds. The van der Waals surface area contributed by atoms with Crippen molar-refractivity contribution in [3.63, 3.8) is 0 Å². The minimum Gasteiger partial charge on any atom is -0.475 e. The van der Waals surface area contributed by atoms with E-state index in [0.717, 1.165) is 34.1 Å². The van der Waals surface area contributed by atoms with Gasteiger partial charge in [-0.25, -0.2) is 8.42 Å². The first-order valence-electron chi connectivity index (χ1n) is 11.1. The SMILES string of the molecule is CCC(CC)(Oc1cc(C)c(Cc2ccc(NS(C)(=O)=O)c(C(C)C)c2)c(C)c1)P(=O)(O)O. The molecule has 7 nitrogen and oxygen atoms in total. The lowest BCUT2D eigenvalue weighted by Crippen LogP contribution is -2.34. The van der Waals surface area contributed by atoms with Gasteiger partial charge in [0.1, 0.15) is 5.75 Å².